The molecule has 0 bridgehead atoms. The van der Waals surface area contributed by atoms with Gasteiger partial charge >= 0.3 is 0 Å². The van der Waals surface area contributed by atoms with E-state index in [0.29, 0.717) is 17.9 Å². The molecule has 0 atom stereocenters. The minimum absolute atomic E-state index is 0.569. The maximum atomic E-state index is 9.00. The Hall–Kier alpha value is -1.53. The van der Waals surface area contributed by atoms with Crippen LogP contribution < -0.4 is 4.74 Å². The highest BCUT2D eigenvalue weighted by Gasteiger charge is 2.14. The van der Waals surface area contributed by atoms with Crippen molar-refractivity contribution >= 4 is 0 Å². The Balaban J connectivity index is 1.87. The zero-order valence-electron chi connectivity index (χ0n) is 10.8. The van der Waals surface area contributed by atoms with Crippen LogP contribution in [0.25, 0.3) is 0 Å². The minimum Gasteiger partial charge on any atom is -0.495 e. The Morgan fingerprint density at radius 2 is 2.11 bits per heavy atom. The van der Waals surface area contributed by atoms with Crippen LogP contribution in [0.1, 0.15) is 36.8 Å². The molecule has 0 amide bonds. The number of benzene rings is 1. The van der Waals surface area contributed by atoms with Crippen LogP contribution in [-0.2, 0) is 11.3 Å². The summed E-state index contributed by atoms with van der Waals surface area (Å²) in [5.41, 5.74) is 1.60. The predicted octanol–water partition coefficient (Wildman–Crippen LogP) is 3.27. The third kappa shape index (κ3) is 3.24. The third-order valence-corrected chi connectivity index (χ3v) is 3.48. The molecule has 1 aliphatic rings. The largest absolute Gasteiger partial charge is 0.495 e. The van der Waals surface area contributed by atoms with E-state index in [1.54, 1.807) is 7.11 Å². The van der Waals surface area contributed by atoms with Crippen molar-refractivity contribution in [3.8, 4) is 11.8 Å². The van der Waals surface area contributed by atoms with E-state index in [-0.39, 0.29) is 0 Å². The molecule has 1 aromatic carbocycles. The molecule has 0 radical (unpaired) electrons. The maximum Gasteiger partial charge on any atom is 0.136 e. The molecule has 1 fully saturated rings. The van der Waals surface area contributed by atoms with Crippen molar-refractivity contribution in [3.63, 3.8) is 0 Å². The molecule has 18 heavy (non-hydrogen) atoms. The molecule has 3 heteroatoms. The zero-order chi connectivity index (χ0) is 12.8. The number of methoxy groups -OCH3 is 1. The van der Waals surface area contributed by atoms with Crippen LogP contribution in [0, 0.1) is 17.2 Å². The summed E-state index contributed by atoms with van der Waals surface area (Å²) in [6, 6.07) is 7.76. The zero-order valence-corrected chi connectivity index (χ0v) is 10.8. The monoisotopic (exact) mass is 245 g/mol. The fourth-order valence-electron chi connectivity index (χ4n) is 2.45. The van der Waals surface area contributed by atoms with Crippen molar-refractivity contribution in [2.24, 2.45) is 5.92 Å². The Morgan fingerprint density at radius 1 is 1.33 bits per heavy atom. The molecule has 1 aliphatic carbocycles. The van der Waals surface area contributed by atoms with Crippen molar-refractivity contribution in [3.05, 3.63) is 29.3 Å². The van der Waals surface area contributed by atoms with Crippen molar-refractivity contribution in [1.29, 1.82) is 5.26 Å². The van der Waals surface area contributed by atoms with Crippen molar-refractivity contribution in [2.75, 3.05) is 13.7 Å². The van der Waals surface area contributed by atoms with Gasteiger partial charge < -0.3 is 9.47 Å². The predicted molar refractivity (Wildman–Crippen MR) is 69.3 cm³/mol. The normalized spacial score (nSPS) is 15.6. The topological polar surface area (TPSA) is 42.2 Å². The second-order valence-corrected chi connectivity index (χ2v) is 4.81. The number of nitrogens with zero attached hydrogens (tertiary/aromatic N) is 1. The Morgan fingerprint density at radius 3 is 2.78 bits per heavy atom. The molecule has 0 saturated heterocycles. The van der Waals surface area contributed by atoms with Gasteiger partial charge in [-0.3, -0.25) is 0 Å². The molecule has 0 aliphatic heterocycles. The van der Waals surface area contributed by atoms with E-state index in [2.05, 4.69) is 6.07 Å². The average molecular weight is 245 g/mol. The summed E-state index contributed by atoms with van der Waals surface area (Å²) < 4.78 is 10.8. The summed E-state index contributed by atoms with van der Waals surface area (Å²) in [7, 11) is 1.58. The lowest BCUT2D eigenvalue weighted by Crippen LogP contribution is -2.05. The van der Waals surface area contributed by atoms with Gasteiger partial charge in [0, 0.05) is 6.61 Å². The average Bonchev–Trinajstić information content (AvgIpc) is 2.91. The van der Waals surface area contributed by atoms with Gasteiger partial charge in [-0.15, -0.1) is 0 Å². The van der Waals surface area contributed by atoms with E-state index in [9.17, 15) is 0 Å². The Bertz CT molecular complexity index is 431. The standard InChI is InChI=1S/C15H19NO2/c1-17-15-7-6-13(8-14(15)9-16)11-18-10-12-4-2-3-5-12/h6-8,12H,2-5,10-11H2,1H3. The van der Waals surface area contributed by atoms with Crippen molar-refractivity contribution < 1.29 is 9.47 Å². The number of hydrogen-bond donors (Lipinski definition) is 0. The molecular formula is C15H19NO2. The number of rotatable bonds is 5. The van der Waals surface area contributed by atoms with Crippen molar-refractivity contribution in [1.82, 2.24) is 0 Å². The summed E-state index contributed by atoms with van der Waals surface area (Å²) in [5.74, 6) is 1.36. The smallest absolute Gasteiger partial charge is 0.136 e. The fraction of sp³-hybridized carbons (Fsp3) is 0.533. The van der Waals surface area contributed by atoms with Crippen LogP contribution in [-0.4, -0.2) is 13.7 Å². The lowest BCUT2D eigenvalue weighted by atomic mass is 10.1. The van der Waals surface area contributed by atoms with Crippen molar-refractivity contribution in [2.45, 2.75) is 32.3 Å². The van der Waals surface area contributed by atoms with Gasteiger partial charge in [0.05, 0.1) is 19.3 Å². The van der Waals surface area contributed by atoms with Gasteiger partial charge in [0.25, 0.3) is 0 Å². The highest BCUT2D eigenvalue weighted by atomic mass is 16.5. The molecule has 0 unspecified atom stereocenters. The van der Waals surface area contributed by atoms with Gasteiger partial charge in [-0.25, -0.2) is 0 Å². The Labute approximate surface area is 108 Å². The lowest BCUT2D eigenvalue weighted by molar-refractivity contribution is 0.0888. The number of ether oxygens (including phenoxy) is 2. The third-order valence-electron chi connectivity index (χ3n) is 3.48. The minimum atomic E-state index is 0.569. The molecule has 0 aromatic heterocycles. The van der Waals surface area contributed by atoms with Gasteiger partial charge in [0.15, 0.2) is 0 Å². The molecule has 0 heterocycles. The molecule has 1 aromatic rings. The van der Waals surface area contributed by atoms with E-state index in [0.717, 1.165) is 18.1 Å². The van der Waals surface area contributed by atoms with Crippen LogP contribution in [0.2, 0.25) is 0 Å². The van der Waals surface area contributed by atoms with Crippen LogP contribution in [0.5, 0.6) is 5.75 Å². The van der Waals surface area contributed by atoms with Gasteiger partial charge in [-0.05, 0) is 36.5 Å². The summed E-state index contributed by atoms with van der Waals surface area (Å²) in [4.78, 5) is 0. The summed E-state index contributed by atoms with van der Waals surface area (Å²) >= 11 is 0. The van der Waals surface area contributed by atoms with Crippen LogP contribution >= 0.6 is 0 Å². The van der Waals surface area contributed by atoms with Gasteiger partial charge in [-0.2, -0.15) is 5.26 Å². The fourth-order valence-corrected chi connectivity index (χ4v) is 2.45. The first kappa shape index (κ1) is 12.9. The second kappa shape index (κ2) is 6.42. The molecule has 3 nitrogen and oxygen atoms in total. The van der Waals surface area contributed by atoms with E-state index >= 15 is 0 Å². The van der Waals surface area contributed by atoms with E-state index in [4.69, 9.17) is 14.7 Å². The second-order valence-electron chi connectivity index (χ2n) is 4.81. The number of nitriles is 1. The lowest BCUT2D eigenvalue weighted by Gasteiger charge is -2.10. The van der Waals surface area contributed by atoms with Gasteiger partial charge in [0.2, 0.25) is 0 Å². The molecule has 0 spiro atoms. The first-order valence-electron chi connectivity index (χ1n) is 6.48. The van der Waals surface area contributed by atoms with Crippen LogP contribution in [0.3, 0.4) is 0 Å². The molecule has 2 rings (SSSR count). The summed E-state index contributed by atoms with van der Waals surface area (Å²) in [6.45, 7) is 1.42. The van der Waals surface area contributed by atoms with E-state index < -0.39 is 0 Å². The number of hydrogen-bond acceptors (Lipinski definition) is 3. The van der Waals surface area contributed by atoms with Gasteiger partial charge in [-0.1, -0.05) is 18.9 Å². The molecule has 1 saturated carbocycles. The van der Waals surface area contributed by atoms with E-state index in [1.165, 1.54) is 25.7 Å². The maximum absolute atomic E-state index is 9.00. The summed E-state index contributed by atoms with van der Waals surface area (Å²) in [5, 5.41) is 9.00. The molecule has 96 valence electrons. The van der Waals surface area contributed by atoms with Crippen LogP contribution in [0.15, 0.2) is 18.2 Å². The van der Waals surface area contributed by atoms with Crippen LogP contribution in [0.4, 0.5) is 0 Å². The molecular weight excluding hydrogens is 226 g/mol. The SMILES string of the molecule is COc1ccc(COCC2CCCC2)cc1C#N. The van der Waals surface area contributed by atoms with Gasteiger partial charge in [0.1, 0.15) is 11.8 Å². The molecule has 0 N–H and O–H groups in total. The quantitative estimate of drug-likeness (QED) is 0.799. The highest BCUT2D eigenvalue weighted by Crippen LogP contribution is 2.25. The Kier molecular flexibility index (Phi) is 4.60. The van der Waals surface area contributed by atoms with E-state index in [1.807, 2.05) is 18.2 Å². The summed E-state index contributed by atoms with van der Waals surface area (Å²) in [6.07, 6.45) is 5.28. The first-order valence-corrected chi connectivity index (χ1v) is 6.48. The highest BCUT2D eigenvalue weighted by molar-refractivity contribution is 5.45. The first-order chi connectivity index (χ1) is 8.83.